The van der Waals surface area contributed by atoms with Gasteiger partial charge < -0.3 is 9.73 Å². The standard InChI is InChI=1S/C22H13ClF3N3O2/c23-16-12-15(6-7-17(16)28-20(30)14-4-2-1-3-5-14)21-29-18(13-8-10-27-11-9-13)19(31-21)22(24,25)26/h1-12H,(H,28,30). The van der Waals surface area contributed by atoms with Crippen LogP contribution in [0.5, 0.6) is 0 Å². The van der Waals surface area contributed by atoms with Crippen molar-refractivity contribution >= 4 is 23.2 Å². The summed E-state index contributed by atoms with van der Waals surface area (Å²) in [5.74, 6) is -1.83. The second-order valence-corrected chi connectivity index (χ2v) is 6.85. The first kappa shape index (κ1) is 20.6. The number of nitrogens with zero attached hydrogens (tertiary/aromatic N) is 2. The number of alkyl halides is 3. The van der Waals surface area contributed by atoms with E-state index < -0.39 is 11.9 Å². The number of hydrogen-bond acceptors (Lipinski definition) is 4. The number of hydrogen-bond donors (Lipinski definition) is 1. The lowest BCUT2D eigenvalue weighted by Gasteiger charge is -2.08. The molecular formula is C22H13ClF3N3O2. The lowest BCUT2D eigenvalue weighted by Crippen LogP contribution is -2.11. The average Bonchev–Trinajstić information content (AvgIpc) is 3.22. The van der Waals surface area contributed by atoms with Crippen LogP contribution in [0.1, 0.15) is 16.1 Å². The maximum absolute atomic E-state index is 13.5. The van der Waals surface area contributed by atoms with Crippen LogP contribution in [0.2, 0.25) is 5.02 Å². The summed E-state index contributed by atoms with van der Waals surface area (Å²) >= 11 is 6.25. The normalized spacial score (nSPS) is 11.4. The van der Waals surface area contributed by atoms with E-state index in [-0.39, 0.29) is 33.6 Å². The molecule has 0 bridgehead atoms. The number of halogens is 4. The third kappa shape index (κ3) is 4.44. The number of carbonyl (C=O) groups is 1. The van der Waals surface area contributed by atoms with Gasteiger partial charge in [0.05, 0.1) is 10.7 Å². The number of pyridine rings is 1. The topological polar surface area (TPSA) is 68.0 Å². The zero-order chi connectivity index (χ0) is 22.0. The Morgan fingerprint density at radius 3 is 2.32 bits per heavy atom. The molecule has 0 atom stereocenters. The molecule has 4 rings (SSSR count). The highest BCUT2D eigenvalue weighted by Gasteiger charge is 2.40. The SMILES string of the molecule is O=C(Nc1ccc(-c2nc(-c3ccncc3)c(C(F)(F)F)o2)cc1Cl)c1ccccc1. The number of oxazole rings is 1. The highest BCUT2D eigenvalue weighted by atomic mass is 35.5. The Morgan fingerprint density at radius 2 is 1.68 bits per heavy atom. The molecule has 2 heterocycles. The third-order valence-corrected chi connectivity index (χ3v) is 4.65. The fourth-order valence-corrected chi connectivity index (χ4v) is 3.10. The van der Waals surface area contributed by atoms with Crippen LogP contribution in [0.3, 0.4) is 0 Å². The Hall–Kier alpha value is -3.65. The van der Waals surface area contributed by atoms with Crippen LogP contribution < -0.4 is 5.32 Å². The van der Waals surface area contributed by atoms with Gasteiger partial charge in [0.25, 0.3) is 5.91 Å². The van der Waals surface area contributed by atoms with Crippen LogP contribution in [0.25, 0.3) is 22.7 Å². The summed E-state index contributed by atoms with van der Waals surface area (Å²) in [6.45, 7) is 0. The Kier molecular flexibility index (Phi) is 5.48. The quantitative estimate of drug-likeness (QED) is 0.400. The maximum Gasteiger partial charge on any atom is 0.451 e. The molecule has 9 heteroatoms. The van der Waals surface area contributed by atoms with Gasteiger partial charge in [-0.25, -0.2) is 4.98 Å². The number of rotatable bonds is 4. The molecule has 0 saturated carbocycles. The van der Waals surface area contributed by atoms with Crippen molar-refractivity contribution in [2.75, 3.05) is 5.32 Å². The largest absolute Gasteiger partial charge is 0.451 e. The number of carbonyl (C=O) groups excluding carboxylic acids is 1. The highest BCUT2D eigenvalue weighted by molar-refractivity contribution is 6.34. The second-order valence-electron chi connectivity index (χ2n) is 6.45. The summed E-state index contributed by atoms with van der Waals surface area (Å²) in [5, 5.41) is 2.79. The molecule has 0 radical (unpaired) electrons. The van der Waals surface area contributed by atoms with Gasteiger partial charge in [0.15, 0.2) is 0 Å². The Labute approximate surface area is 179 Å². The molecule has 0 aliphatic heterocycles. The average molecular weight is 444 g/mol. The second kappa shape index (κ2) is 8.23. The molecule has 0 spiro atoms. The molecule has 156 valence electrons. The van der Waals surface area contributed by atoms with Gasteiger partial charge >= 0.3 is 6.18 Å². The van der Waals surface area contributed by atoms with Crippen molar-refractivity contribution < 1.29 is 22.4 Å². The summed E-state index contributed by atoms with van der Waals surface area (Å²) in [7, 11) is 0. The molecule has 2 aromatic heterocycles. The van der Waals surface area contributed by atoms with Crippen LogP contribution in [-0.2, 0) is 6.18 Å². The van der Waals surface area contributed by atoms with E-state index in [0.717, 1.165) is 0 Å². The first-order valence-corrected chi connectivity index (χ1v) is 9.35. The lowest BCUT2D eigenvalue weighted by molar-refractivity contribution is -0.152. The van der Waals surface area contributed by atoms with Gasteiger partial charge in [0, 0.05) is 29.1 Å². The summed E-state index contributed by atoms with van der Waals surface area (Å²) < 4.78 is 45.5. The van der Waals surface area contributed by atoms with E-state index >= 15 is 0 Å². The lowest BCUT2D eigenvalue weighted by atomic mass is 10.1. The van der Waals surface area contributed by atoms with E-state index in [2.05, 4.69) is 15.3 Å². The predicted octanol–water partition coefficient (Wildman–Crippen LogP) is 6.33. The molecule has 1 amide bonds. The van der Waals surface area contributed by atoms with E-state index in [4.69, 9.17) is 16.0 Å². The van der Waals surface area contributed by atoms with Crippen molar-refractivity contribution in [2.24, 2.45) is 0 Å². The number of benzene rings is 2. The minimum Gasteiger partial charge on any atom is -0.431 e. The van der Waals surface area contributed by atoms with Crippen molar-refractivity contribution in [1.29, 1.82) is 0 Å². The molecule has 4 aromatic rings. The summed E-state index contributed by atoms with van der Waals surface area (Å²) in [5.41, 5.74) is 0.842. The van der Waals surface area contributed by atoms with Gasteiger partial charge in [0.2, 0.25) is 11.7 Å². The molecule has 0 fully saturated rings. The van der Waals surface area contributed by atoms with Crippen molar-refractivity contribution in [2.45, 2.75) is 6.18 Å². The molecular weight excluding hydrogens is 431 g/mol. The van der Waals surface area contributed by atoms with Gasteiger partial charge in [-0.05, 0) is 42.5 Å². The molecule has 1 N–H and O–H groups in total. The van der Waals surface area contributed by atoms with Crippen LogP contribution >= 0.6 is 11.6 Å². The summed E-state index contributed by atoms with van der Waals surface area (Å²) in [6, 6.07) is 15.7. The molecule has 0 unspecified atom stereocenters. The van der Waals surface area contributed by atoms with Gasteiger partial charge in [-0.15, -0.1) is 0 Å². The number of anilines is 1. The van der Waals surface area contributed by atoms with E-state index in [1.807, 2.05) is 0 Å². The third-order valence-electron chi connectivity index (χ3n) is 4.34. The fraction of sp³-hybridized carbons (Fsp3) is 0.0455. The molecule has 0 aliphatic carbocycles. The molecule has 2 aromatic carbocycles. The summed E-state index contributed by atoms with van der Waals surface area (Å²) in [4.78, 5) is 20.1. The van der Waals surface area contributed by atoms with Gasteiger partial charge in [-0.3, -0.25) is 9.78 Å². The zero-order valence-corrected chi connectivity index (χ0v) is 16.4. The smallest absolute Gasteiger partial charge is 0.431 e. The molecule has 5 nitrogen and oxygen atoms in total. The fourth-order valence-electron chi connectivity index (χ4n) is 2.87. The first-order chi connectivity index (χ1) is 14.8. The van der Waals surface area contributed by atoms with Crippen molar-refractivity contribution in [1.82, 2.24) is 9.97 Å². The number of nitrogens with one attached hydrogen (secondary N) is 1. The minimum absolute atomic E-state index is 0.124. The van der Waals surface area contributed by atoms with Gasteiger partial charge in [-0.2, -0.15) is 13.2 Å². The van der Waals surface area contributed by atoms with Crippen molar-refractivity contribution in [3.05, 3.63) is 89.4 Å². The van der Waals surface area contributed by atoms with Crippen LogP contribution in [0.4, 0.5) is 18.9 Å². The first-order valence-electron chi connectivity index (χ1n) is 8.97. The highest BCUT2D eigenvalue weighted by Crippen LogP contribution is 2.40. The van der Waals surface area contributed by atoms with Crippen LogP contribution in [0.15, 0.2) is 77.5 Å². The van der Waals surface area contributed by atoms with E-state index in [1.54, 1.807) is 30.3 Å². The number of amides is 1. The summed E-state index contributed by atoms with van der Waals surface area (Å²) in [6.07, 6.45) is -2.01. The number of aromatic nitrogens is 2. The Morgan fingerprint density at radius 1 is 0.968 bits per heavy atom. The Bertz CT molecular complexity index is 1230. The van der Waals surface area contributed by atoms with Gasteiger partial charge in [-0.1, -0.05) is 29.8 Å². The van der Waals surface area contributed by atoms with Gasteiger partial charge in [0.1, 0.15) is 5.69 Å². The molecule has 0 saturated heterocycles. The molecule has 31 heavy (non-hydrogen) atoms. The van der Waals surface area contributed by atoms with Crippen LogP contribution in [-0.4, -0.2) is 15.9 Å². The monoisotopic (exact) mass is 443 g/mol. The predicted molar refractivity (Wildman–Crippen MR) is 110 cm³/mol. The Balaban J connectivity index is 1.67. The van der Waals surface area contributed by atoms with E-state index in [9.17, 15) is 18.0 Å². The zero-order valence-electron chi connectivity index (χ0n) is 15.7. The minimum atomic E-state index is -4.74. The van der Waals surface area contributed by atoms with Crippen LogP contribution in [0, 0.1) is 0 Å². The maximum atomic E-state index is 13.5. The molecule has 0 aliphatic rings. The van der Waals surface area contributed by atoms with E-state index in [0.29, 0.717) is 11.3 Å². The van der Waals surface area contributed by atoms with E-state index in [1.165, 1.54) is 42.7 Å². The van der Waals surface area contributed by atoms with Crippen molar-refractivity contribution in [3.63, 3.8) is 0 Å². The van der Waals surface area contributed by atoms with Crippen molar-refractivity contribution in [3.8, 4) is 22.7 Å².